The van der Waals surface area contributed by atoms with E-state index in [9.17, 15) is 0 Å². The second-order valence-corrected chi connectivity index (χ2v) is 6.06. The van der Waals surface area contributed by atoms with Crippen LogP contribution in [-0.4, -0.2) is 4.98 Å². The number of para-hydroxylation sites is 1. The van der Waals surface area contributed by atoms with E-state index in [1.165, 1.54) is 4.70 Å². The molecule has 0 saturated heterocycles. The molecule has 0 radical (unpaired) electrons. The van der Waals surface area contributed by atoms with Crippen LogP contribution in [0.1, 0.15) is 0 Å². The van der Waals surface area contributed by atoms with Crippen molar-refractivity contribution in [3.05, 3.63) is 52.0 Å². The molecule has 90 valence electrons. The van der Waals surface area contributed by atoms with Gasteiger partial charge in [-0.3, -0.25) is 0 Å². The van der Waals surface area contributed by atoms with Gasteiger partial charge in [-0.05, 0) is 46.3 Å². The SMILES string of the molecule is Clc1ccc(Nc2nc3ccccc3s2)c(Br)c1. The van der Waals surface area contributed by atoms with Crippen molar-refractivity contribution in [3.8, 4) is 0 Å². The van der Waals surface area contributed by atoms with Gasteiger partial charge in [-0.15, -0.1) is 0 Å². The molecule has 5 heteroatoms. The van der Waals surface area contributed by atoms with Gasteiger partial charge in [-0.1, -0.05) is 35.1 Å². The molecule has 1 heterocycles. The van der Waals surface area contributed by atoms with Crippen molar-refractivity contribution < 1.29 is 0 Å². The molecule has 2 nitrogen and oxygen atoms in total. The molecule has 3 rings (SSSR count). The summed E-state index contributed by atoms with van der Waals surface area (Å²) in [6.45, 7) is 0. The lowest BCUT2D eigenvalue weighted by Gasteiger charge is -2.05. The molecule has 0 atom stereocenters. The maximum atomic E-state index is 5.91. The van der Waals surface area contributed by atoms with Gasteiger partial charge in [0.05, 0.1) is 15.9 Å². The van der Waals surface area contributed by atoms with Crippen LogP contribution in [0.3, 0.4) is 0 Å². The topological polar surface area (TPSA) is 24.9 Å². The average Bonchev–Trinajstić information content (AvgIpc) is 2.75. The molecule has 0 fully saturated rings. The van der Waals surface area contributed by atoms with Crippen LogP contribution in [0.25, 0.3) is 10.2 Å². The highest BCUT2D eigenvalue weighted by Gasteiger charge is 2.05. The summed E-state index contributed by atoms with van der Waals surface area (Å²) in [5, 5.41) is 4.87. The zero-order chi connectivity index (χ0) is 12.5. The van der Waals surface area contributed by atoms with Crippen molar-refractivity contribution in [3.63, 3.8) is 0 Å². The summed E-state index contributed by atoms with van der Waals surface area (Å²) in [6, 6.07) is 13.7. The quantitative estimate of drug-likeness (QED) is 0.671. The van der Waals surface area contributed by atoms with Crippen molar-refractivity contribution in [2.75, 3.05) is 5.32 Å². The maximum absolute atomic E-state index is 5.91. The summed E-state index contributed by atoms with van der Waals surface area (Å²) < 4.78 is 2.10. The van der Waals surface area contributed by atoms with Crippen LogP contribution in [0, 0.1) is 0 Å². The van der Waals surface area contributed by atoms with Crippen LogP contribution < -0.4 is 5.32 Å². The van der Waals surface area contributed by atoms with E-state index in [-0.39, 0.29) is 0 Å². The molecule has 2 aromatic carbocycles. The van der Waals surface area contributed by atoms with E-state index in [1.807, 2.05) is 36.4 Å². The summed E-state index contributed by atoms with van der Waals surface area (Å²) in [4.78, 5) is 4.53. The van der Waals surface area contributed by atoms with Gasteiger partial charge < -0.3 is 5.32 Å². The Bertz CT molecular complexity index is 678. The number of hydrogen-bond donors (Lipinski definition) is 1. The van der Waals surface area contributed by atoms with Crippen molar-refractivity contribution in [1.82, 2.24) is 4.98 Å². The summed E-state index contributed by atoms with van der Waals surface area (Å²) in [6.07, 6.45) is 0. The first-order valence-corrected chi connectivity index (χ1v) is 7.29. The summed E-state index contributed by atoms with van der Waals surface area (Å²) in [5.74, 6) is 0. The molecular weight excluding hydrogens is 332 g/mol. The average molecular weight is 340 g/mol. The van der Waals surface area contributed by atoms with Crippen molar-refractivity contribution in [2.24, 2.45) is 0 Å². The Balaban J connectivity index is 1.96. The lowest BCUT2D eigenvalue weighted by atomic mass is 10.3. The number of halogens is 2. The molecule has 0 aliphatic carbocycles. The number of aromatic nitrogens is 1. The first kappa shape index (κ1) is 12.0. The second-order valence-electron chi connectivity index (χ2n) is 3.74. The highest BCUT2D eigenvalue weighted by Crippen LogP contribution is 2.32. The Morgan fingerprint density at radius 1 is 1.17 bits per heavy atom. The molecule has 3 aromatic rings. The van der Waals surface area contributed by atoms with Crippen LogP contribution in [0.2, 0.25) is 5.02 Å². The summed E-state index contributed by atoms with van der Waals surface area (Å²) >= 11 is 11.0. The predicted molar refractivity (Wildman–Crippen MR) is 82.1 cm³/mol. The zero-order valence-corrected chi connectivity index (χ0v) is 12.3. The van der Waals surface area contributed by atoms with Gasteiger partial charge in [-0.25, -0.2) is 4.98 Å². The van der Waals surface area contributed by atoms with Crippen LogP contribution in [0.5, 0.6) is 0 Å². The Morgan fingerprint density at radius 3 is 2.78 bits per heavy atom. The second kappa shape index (κ2) is 4.88. The minimum Gasteiger partial charge on any atom is -0.331 e. The van der Waals surface area contributed by atoms with Crippen LogP contribution >= 0.6 is 38.9 Å². The Kier molecular flexibility index (Phi) is 3.24. The standard InChI is InChI=1S/C13H8BrClN2S/c14-9-7-8(15)5-6-10(9)16-13-17-11-3-1-2-4-12(11)18-13/h1-7H,(H,16,17). The molecule has 0 bridgehead atoms. The van der Waals surface area contributed by atoms with E-state index in [4.69, 9.17) is 11.6 Å². The van der Waals surface area contributed by atoms with Gasteiger partial charge in [0.15, 0.2) is 5.13 Å². The number of anilines is 2. The third-order valence-corrected chi connectivity index (χ3v) is 4.31. The fourth-order valence-electron chi connectivity index (χ4n) is 1.63. The van der Waals surface area contributed by atoms with E-state index in [0.29, 0.717) is 5.02 Å². The fourth-order valence-corrected chi connectivity index (χ4v) is 3.29. The Hall–Kier alpha value is -1.10. The lowest BCUT2D eigenvalue weighted by molar-refractivity contribution is 1.43. The summed E-state index contributed by atoms with van der Waals surface area (Å²) in [7, 11) is 0. The zero-order valence-electron chi connectivity index (χ0n) is 9.15. The smallest absolute Gasteiger partial charge is 0.188 e. The predicted octanol–water partition coefficient (Wildman–Crippen LogP) is 5.46. The molecule has 18 heavy (non-hydrogen) atoms. The minimum atomic E-state index is 0.705. The van der Waals surface area contributed by atoms with Gasteiger partial charge in [-0.2, -0.15) is 0 Å². The van der Waals surface area contributed by atoms with Gasteiger partial charge in [0, 0.05) is 9.50 Å². The fraction of sp³-hybridized carbons (Fsp3) is 0. The minimum absolute atomic E-state index is 0.705. The van der Waals surface area contributed by atoms with Crippen molar-refractivity contribution >= 4 is 59.9 Å². The molecule has 0 saturated carbocycles. The van der Waals surface area contributed by atoms with Gasteiger partial charge in [0.2, 0.25) is 0 Å². The van der Waals surface area contributed by atoms with Gasteiger partial charge >= 0.3 is 0 Å². The third kappa shape index (κ3) is 2.36. The summed E-state index contributed by atoms with van der Waals surface area (Å²) in [5.41, 5.74) is 1.97. The molecule has 0 amide bonds. The Labute approximate surface area is 122 Å². The highest BCUT2D eigenvalue weighted by molar-refractivity contribution is 9.10. The molecule has 0 spiro atoms. The van der Waals surface area contributed by atoms with Crippen LogP contribution in [0.15, 0.2) is 46.9 Å². The number of fused-ring (bicyclic) bond motifs is 1. The van der Waals surface area contributed by atoms with Crippen molar-refractivity contribution in [1.29, 1.82) is 0 Å². The number of nitrogens with zero attached hydrogens (tertiary/aromatic N) is 1. The molecule has 1 aromatic heterocycles. The number of nitrogens with one attached hydrogen (secondary N) is 1. The molecular formula is C13H8BrClN2S. The number of thiazole rings is 1. The first-order valence-electron chi connectivity index (χ1n) is 5.30. The van der Waals surface area contributed by atoms with E-state index in [0.717, 1.165) is 20.8 Å². The molecule has 0 aliphatic rings. The maximum Gasteiger partial charge on any atom is 0.188 e. The van der Waals surface area contributed by atoms with E-state index in [2.05, 4.69) is 32.3 Å². The highest BCUT2D eigenvalue weighted by atomic mass is 79.9. The van der Waals surface area contributed by atoms with E-state index >= 15 is 0 Å². The van der Waals surface area contributed by atoms with Crippen molar-refractivity contribution in [2.45, 2.75) is 0 Å². The van der Waals surface area contributed by atoms with E-state index < -0.39 is 0 Å². The molecule has 0 unspecified atom stereocenters. The van der Waals surface area contributed by atoms with Gasteiger partial charge in [0.25, 0.3) is 0 Å². The number of rotatable bonds is 2. The molecule has 1 N–H and O–H groups in total. The monoisotopic (exact) mass is 338 g/mol. The number of benzene rings is 2. The first-order chi connectivity index (χ1) is 8.72. The van der Waals surface area contributed by atoms with Crippen LogP contribution in [0.4, 0.5) is 10.8 Å². The Morgan fingerprint density at radius 2 is 2.00 bits per heavy atom. The van der Waals surface area contributed by atoms with Crippen LogP contribution in [-0.2, 0) is 0 Å². The normalized spacial score (nSPS) is 10.8. The lowest BCUT2D eigenvalue weighted by Crippen LogP contribution is -1.89. The molecule has 0 aliphatic heterocycles. The largest absolute Gasteiger partial charge is 0.331 e. The van der Waals surface area contributed by atoms with E-state index in [1.54, 1.807) is 11.3 Å². The van der Waals surface area contributed by atoms with Gasteiger partial charge in [0.1, 0.15) is 0 Å². The number of hydrogen-bond acceptors (Lipinski definition) is 3. The third-order valence-electron chi connectivity index (χ3n) is 2.47.